The number of likely N-dealkylation sites (tertiary alicyclic amines) is 1. The first-order chi connectivity index (χ1) is 22.4. The molecule has 0 aromatic rings. The minimum Gasteiger partial charge on any atom is -0.381 e. The molecule has 1 aliphatic heterocycles. The Bertz CT molecular complexity index is 1190. The van der Waals surface area contributed by atoms with Crippen LogP contribution in [-0.2, 0) is 9.53 Å². The lowest BCUT2D eigenvalue weighted by Crippen LogP contribution is -2.49. The van der Waals surface area contributed by atoms with Crippen molar-refractivity contribution >= 4 is 23.3 Å². The predicted octanol–water partition coefficient (Wildman–Crippen LogP) is 7.51. The third kappa shape index (κ3) is 15.1. The maximum atomic E-state index is 13.5. The van der Waals surface area contributed by atoms with E-state index in [0.717, 1.165) is 64.2 Å². The molecule has 260 valence electrons. The number of hydrogen-bond donors (Lipinski definition) is 1. The molecule has 6 nitrogen and oxygen atoms in total. The number of alkyl halides is 3. The van der Waals surface area contributed by atoms with Crippen molar-refractivity contribution < 1.29 is 22.7 Å². The number of amidine groups is 1. The highest BCUT2D eigenvalue weighted by Gasteiger charge is 2.48. The van der Waals surface area contributed by atoms with Crippen molar-refractivity contribution in [2.24, 2.45) is 22.2 Å². The van der Waals surface area contributed by atoms with Crippen LogP contribution in [0, 0.1) is 42.4 Å². The van der Waals surface area contributed by atoms with Gasteiger partial charge in [0.2, 0.25) is 5.91 Å². The van der Waals surface area contributed by atoms with Crippen molar-refractivity contribution in [3.8, 4) is 25.2 Å². The summed E-state index contributed by atoms with van der Waals surface area (Å²) in [5, 5.41) is 3.74. The number of allylic oxidation sites excluding steroid dienone is 1. The van der Waals surface area contributed by atoms with Gasteiger partial charge in [0.25, 0.3) is 0 Å². The van der Waals surface area contributed by atoms with Gasteiger partial charge in [-0.3, -0.25) is 4.79 Å². The number of carbonyl (C=O) groups is 1. The summed E-state index contributed by atoms with van der Waals surface area (Å²) >= 11 is 6.12. The van der Waals surface area contributed by atoms with Crippen molar-refractivity contribution in [1.29, 1.82) is 0 Å². The number of amides is 1. The highest BCUT2D eigenvalue weighted by molar-refractivity contribution is 6.30. The summed E-state index contributed by atoms with van der Waals surface area (Å²) in [6, 6.07) is 0.686. The molecule has 3 aliphatic rings. The number of nitrogens with zero attached hydrogens (tertiary/aromatic N) is 3. The van der Waals surface area contributed by atoms with E-state index in [-0.39, 0.29) is 29.1 Å². The third-order valence-corrected chi connectivity index (χ3v) is 8.82. The Balaban J connectivity index is 0.00000124. The van der Waals surface area contributed by atoms with E-state index < -0.39 is 18.0 Å². The van der Waals surface area contributed by atoms with Crippen LogP contribution >= 0.6 is 11.6 Å². The fourth-order valence-corrected chi connectivity index (χ4v) is 5.95. The molecular weight excluding hydrogens is 625 g/mol. The zero-order chi connectivity index (χ0) is 35.5. The third-order valence-electron chi connectivity index (χ3n) is 8.60. The fraction of sp³-hybridized carbons (Fsp3) is 0.595. The molecule has 1 N–H and O–H groups in total. The van der Waals surface area contributed by atoms with Crippen LogP contribution in [0.3, 0.4) is 0 Å². The smallest absolute Gasteiger partial charge is 0.381 e. The molecule has 47 heavy (non-hydrogen) atoms. The number of nitrogens with one attached hydrogen (secondary N) is 1. The minimum atomic E-state index is -4.70. The second kappa shape index (κ2) is 21.6. The van der Waals surface area contributed by atoms with Gasteiger partial charge in [-0.05, 0) is 87.8 Å². The van der Waals surface area contributed by atoms with Gasteiger partial charge in [0.1, 0.15) is 5.84 Å². The summed E-state index contributed by atoms with van der Waals surface area (Å²) in [7, 11) is 3.11. The van der Waals surface area contributed by atoms with E-state index in [0.29, 0.717) is 18.4 Å². The van der Waals surface area contributed by atoms with Crippen LogP contribution in [0.2, 0.25) is 0 Å². The highest BCUT2D eigenvalue weighted by Crippen LogP contribution is 2.53. The summed E-state index contributed by atoms with van der Waals surface area (Å²) in [6.07, 6.45) is 24.5. The normalized spacial score (nSPS) is 18.2. The first kappa shape index (κ1) is 41.8. The fourth-order valence-electron chi connectivity index (χ4n) is 5.87. The van der Waals surface area contributed by atoms with Crippen molar-refractivity contribution in [1.82, 2.24) is 15.1 Å². The Morgan fingerprint density at radius 2 is 1.89 bits per heavy atom. The summed E-state index contributed by atoms with van der Waals surface area (Å²) in [5.74, 6) is 0.138. The average molecular weight is 677 g/mol. The Kier molecular flexibility index (Phi) is 19.2. The molecule has 0 unspecified atom stereocenters. The number of methoxy groups -OCH3 is 1. The molecule has 0 aromatic heterocycles. The number of hydrogen-bond acceptors (Lipinski definition) is 4. The SMILES string of the molecule is C#C.C#CCC(=C)[C@@H](C(=O)N(C)CCC1CC2(CCN(C(/C=C\CCNC3CC3)=N/C(Cl)=C=C)CC2)C1)C(F)(F)F.C/C=C\COC. The number of piperidine rings is 1. The second-order valence-corrected chi connectivity index (χ2v) is 12.6. The summed E-state index contributed by atoms with van der Waals surface area (Å²) in [5.41, 5.74) is 2.60. The van der Waals surface area contributed by atoms with Crippen LogP contribution in [0.4, 0.5) is 13.2 Å². The van der Waals surface area contributed by atoms with Gasteiger partial charge < -0.3 is 19.9 Å². The molecule has 1 atom stereocenters. The molecule has 2 saturated carbocycles. The molecule has 3 rings (SSSR count). The predicted molar refractivity (Wildman–Crippen MR) is 188 cm³/mol. The maximum Gasteiger partial charge on any atom is 0.404 e. The van der Waals surface area contributed by atoms with E-state index in [9.17, 15) is 18.0 Å². The van der Waals surface area contributed by atoms with Crippen molar-refractivity contribution in [2.45, 2.75) is 76.9 Å². The first-order valence-corrected chi connectivity index (χ1v) is 16.4. The van der Waals surface area contributed by atoms with Gasteiger partial charge in [0.05, 0.1) is 6.61 Å². The molecular formula is C37H52ClF3N4O2. The lowest BCUT2D eigenvalue weighted by molar-refractivity contribution is -0.181. The number of rotatable bonds is 14. The monoisotopic (exact) mass is 676 g/mol. The van der Waals surface area contributed by atoms with Crippen LogP contribution < -0.4 is 5.32 Å². The summed E-state index contributed by atoms with van der Waals surface area (Å²) in [4.78, 5) is 20.5. The van der Waals surface area contributed by atoms with Gasteiger partial charge in [-0.15, -0.1) is 25.2 Å². The Morgan fingerprint density at radius 1 is 1.26 bits per heavy atom. The van der Waals surface area contributed by atoms with Crippen molar-refractivity contribution in [3.63, 3.8) is 0 Å². The molecule has 3 fully saturated rings. The van der Waals surface area contributed by atoms with E-state index in [1.807, 2.05) is 25.2 Å². The molecule has 0 bridgehead atoms. The van der Waals surface area contributed by atoms with Gasteiger partial charge in [-0.1, -0.05) is 48.7 Å². The molecule has 1 amide bonds. The van der Waals surface area contributed by atoms with Crippen LogP contribution in [0.25, 0.3) is 0 Å². The van der Waals surface area contributed by atoms with Gasteiger partial charge in [-0.2, -0.15) is 13.2 Å². The molecule has 10 heteroatoms. The topological polar surface area (TPSA) is 57.2 Å². The van der Waals surface area contributed by atoms with E-state index in [1.165, 1.54) is 24.8 Å². The maximum absolute atomic E-state index is 13.5. The van der Waals surface area contributed by atoms with Gasteiger partial charge in [-0.25, -0.2) is 4.99 Å². The van der Waals surface area contributed by atoms with E-state index in [2.05, 4.69) is 58.9 Å². The molecule has 1 spiro atoms. The molecule has 2 aliphatic carbocycles. The van der Waals surface area contributed by atoms with E-state index >= 15 is 0 Å². The van der Waals surface area contributed by atoms with Gasteiger partial charge in [0, 0.05) is 46.3 Å². The average Bonchev–Trinajstić information content (AvgIpc) is 3.86. The minimum absolute atomic E-state index is 0.240. The Morgan fingerprint density at radius 3 is 2.38 bits per heavy atom. The van der Waals surface area contributed by atoms with Crippen molar-refractivity contribution in [3.05, 3.63) is 53.9 Å². The number of aliphatic imine (C=N–C) groups is 1. The lowest BCUT2D eigenvalue weighted by atomic mass is 9.57. The molecule has 0 aromatic carbocycles. The van der Waals surface area contributed by atoms with E-state index in [4.69, 9.17) is 22.8 Å². The number of halogens is 4. The number of terminal acetylenes is 2. The standard InChI is InChI=1S/C30H40ClF3N4O.C5H10O.C2H2/c1-5-9-22(3)27(30(32,33)34)28(39)37(4)17-13-23-20-29(21-23)14-18-38(19-15-29)26(36-25(31)6-2)10-7-8-16-35-24-11-12-24;1-3-4-5-6-2;1-2/h1,7,10,23-24,27,35H,2-3,8-9,11-21H2,4H3;3-4H,5H2,1-2H3;1-2H/b10-7-,36-26+;4-3-;/t27-;;/m0../s1. The van der Waals surface area contributed by atoms with Crippen LogP contribution in [0.15, 0.2) is 58.9 Å². The Labute approximate surface area is 285 Å². The Hall–Kier alpha value is -3.20. The zero-order valence-electron chi connectivity index (χ0n) is 28.3. The number of carbonyl (C=O) groups excluding carboxylic acids is 1. The quantitative estimate of drug-likeness (QED) is 0.0394. The van der Waals surface area contributed by atoms with Gasteiger partial charge >= 0.3 is 6.18 Å². The second-order valence-electron chi connectivity index (χ2n) is 12.2. The zero-order valence-corrected chi connectivity index (χ0v) is 29.0. The lowest BCUT2D eigenvalue weighted by Gasteiger charge is -2.53. The van der Waals surface area contributed by atoms with Gasteiger partial charge in [0.15, 0.2) is 11.1 Å². The molecule has 1 heterocycles. The highest BCUT2D eigenvalue weighted by atomic mass is 35.5. The largest absolute Gasteiger partial charge is 0.404 e. The summed E-state index contributed by atoms with van der Waals surface area (Å²) < 4.78 is 45.3. The summed E-state index contributed by atoms with van der Waals surface area (Å²) in [6.45, 7) is 12.7. The van der Waals surface area contributed by atoms with Crippen molar-refractivity contribution in [2.75, 3.05) is 46.9 Å². The van der Waals surface area contributed by atoms with Crippen LogP contribution in [-0.4, -0.2) is 80.7 Å². The van der Waals surface area contributed by atoms with E-state index in [1.54, 1.807) is 7.11 Å². The molecule has 0 radical (unpaired) electrons. The van der Waals surface area contributed by atoms with Crippen LogP contribution in [0.5, 0.6) is 0 Å². The number of ether oxygens (including phenoxy) is 1. The molecule has 1 saturated heterocycles. The van der Waals surface area contributed by atoms with Crippen LogP contribution in [0.1, 0.15) is 64.7 Å². The first-order valence-electron chi connectivity index (χ1n) is 16.0.